The Morgan fingerprint density at radius 2 is 1.91 bits per heavy atom. The van der Waals surface area contributed by atoms with Crippen molar-refractivity contribution >= 4 is 27.9 Å². The molecule has 4 aliphatic rings. The standard InChI is InChI=1S/C11H15NO5S.C11H18O3/c1-3-7-5-4-6-8-9(7)11(14)12(10(8)13)17-18(2,15)16;1-11(10(12)14-3)8-5-4-7(6-8)9(11)13-2/h4-5,7-9H,3,6H2,1-2H3;7-9H,4-6H2,1-3H3. The third kappa shape index (κ3) is 4.24. The SMILES string of the molecule is CCC1C=CCC2C(=O)N(OS(C)(=O)=O)C(=O)C12.COC(=O)C1(C)C2CCC(C2)C1OC. The lowest BCUT2D eigenvalue weighted by molar-refractivity contribution is -0.166. The zero-order valence-electron chi connectivity index (χ0n) is 19.3. The third-order valence-corrected chi connectivity index (χ3v) is 7.99. The summed E-state index contributed by atoms with van der Waals surface area (Å²) in [5.41, 5.74) is -0.396. The molecule has 0 aromatic rings. The maximum Gasteiger partial charge on any atom is 0.314 e. The van der Waals surface area contributed by atoms with Gasteiger partial charge in [0.05, 0.1) is 36.7 Å². The van der Waals surface area contributed by atoms with Crippen LogP contribution in [-0.4, -0.2) is 57.8 Å². The summed E-state index contributed by atoms with van der Waals surface area (Å²) in [6.07, 6.45) is 9.31. The molecule has 0 aromatic heterocycles. The summed E-state index contributed by atoms with van der Waals surface area (Å²) in [6, 6.07) is 0. The van der Waals surface area contributed by atoms with Crippen LogP contribution in [0.4, 0.5) is 0 Å². The van der Waals surface area contributed by atoms with Gasteiger partial charge in [0.2, 0.25) is 0 Å². The molecule has 2 bridgehead atoms. The predicted octanol–water partition coefficient (Wildman–Crippen LogP) is 2.08. The molecule has 3 aliphatic carbocycles. The number of allylic oxidation sites excluding steroid dienone is 2. The fourth-order valence-corrected chi connectivity index (χ4v) is 6.48. The van der Waals surface area contributed by atoms with Gasteiger partial charge in [0.1, 0.15) is 0 Å². The number of amides is 2. The van der Waals surface area contributed by atoms with Crippen molar-refractivity contribution in [3.63, 3.8) is 0 Å². The molecular formula is C22H33NO8S. The van der Waals surface area contributed by atoms with E-state index in [4.69, 9.17) is 9.47 Å². The van der Waals surface area contributed by atoms with Crippen LogP contribution in [0, 0.1) is 35.0 Å². The molecule has 7 unspecified atom stereocenters. The molecule has 10 heteroatoms. The number of carbonyl (C=O) groups excluding carboxylic acids is 3. The van der Waals surface area contributed by atoms with E-state index >= 15 is 0 Å². The second-order valence-electron chi connectivity index (χ2n) is 9.32. The number of nitrogens with zero attached hydrogens (tertiary/aromatic N) is 1. The topological polar surface area (TPSA) is 116 Å². The summed E-state index contributed by atoms with van der Waals surface area (Å²) in [5, 5.41) is 0.417. The van der Waals surface area contributed by atoms with Gasteiger partial charge in [-0.1, -0.05) is 19.1 Å². The van der Waals surface area contributed by atoms with Crippen LogP contribution in [0.25, 0.3) is 0 Å². The first-order valence-electron chi connectivity index (χ1n) is 11.0. The molecule has 3 fully saturated rings. The lowest BCUT2D eigenvalue weighted by Crippen LogP contribution is -2.46. The summed E-state index contributed by atoms with van der Waals surface area (Å²) in [6.45, 7) is 3.92. The van der Waals surface area contributed by atoms with Gasteiger partial charge in [-0.25, -0.2) is 0 Å². The van der Waals surface area contributed by atoms with Crippen LogP contribution in [-0.2, 0) is 38.3 Å². The Kier molecular flexibility index (Phi) is 7.17. The second kappa shape index (κ2) is 9.23. The lowest BCUT2D eigenvalue weighted by atomic mass is 9.72. The van der Waals surface area contributed by atoms with E-state index in [2.05, 4.69) is 4.28 Å². The molecule has 0 aromatic carbocycles. The number of hydrogen-bond acceptors (Lipinski definition) is 8. The van der Waals surface area contributed by atoms with Gasteiger partial charge in [0, 0.05) is 7.11 Å². The Hall–Kier alpha value is -1.78. The third-order valence-electron chi connectivity index (χ3n) is 7.57. The van der Waals surface area contributed by atoms with Crippen molar-refractivity contribution < 1.29 is 36.6 Å². The Labute approximate surface area is 189 Å². The van der Waals surface area contributed by atoms with E-state index in [9.17, 15) is 22.8 Å². The first-order chi connectivity index (χ1) is 15.0. The van der Waals surface area contributed by atoms with Crippen LogP contribution in [0.3, 0.4) is 0 Å². The molecule has 0 spiro atoms. The van der Waals surface area contributed by atoms with Crippen LogP contribution in [0.2, 0.25) is 0 Å². The molecule has 32 heavy (non-hydrogen) atoms. The highest BCUT2D eigenvalue weighted by molar-refractivity contribution is 7.85. The highest BCUT2D eigenvalue weighted by Gasteiger charge is 2.60. The number of hydrogen-bond donors (Lipinski definition) is 0. The smallest absolute Gasteiger partial charge is 0.314 e. The molecule has 1 aliphatic heterocycles. The monoisotopic (exact) mass is 471 g/mol. The van der Waals surface area contributed by atoms with Crippen molar-refractivity contribution in [2.45, 2.75) is 52.1 Å². The molecule has 2 saturated carbocycles. The predicted molar refractivity (Wildman–Crippen MR) is 114 cm³/mol. The largest absolute Gasteiger partial charge is 0.469 e. The molecule has 0 N–H and O–H groups in total. The highest BCUT2D eigenvalue weighted by Crippen LogP contribution is 2.57. The number of ether oxygens (including phenoxy) is 2. The molecule has 180 valence electrons. The van der Waals surface area contributed by atoms with Gasteiger partial charge in [0.15, 0.2) is 0 Å². The molecule has 9 nitrogen and oxygen atoms in total. The first kappa shape index (κ1) is 24.9. The number of esters is 1. The van der Waals surface area contributed by atoms with E-state index in [0.29, 0.717) is 23.3 Å². The number of carbonyl (C=O) groups is 3. The van der Waals surface area contributed by atoms with Crippen molar-refractivity contribution in [1.29, 1.82) is 0 Å². The number of rotatable bonds is 5. The van der Waals surface area contributed by atoms with Crippen molar-refractivity contribution in [2.75, 3.05) is 20.5 Å². The van der Waals surface area contributed by atoms with Crippen molar-refractivity contribution in [1.82, 2.24) is 5.06 Å². The molecular weight excluding hydrogens is 438 g/mol. The fraction of sp³-hybridized carbons (Fsp3) is 0.773. The van der Waals surface area contributed by atoms with E-state index in [1.165, 1.54) is 13.5 Å². The van der Waals surface area contributed by atoms with Gasteiger partial charge in [-0.15, -0.1) is 9.35 Å². The quantitative estimate of drug-likeness (QED) is 0.340. The fourth-order valence-electron chi connectivity index (χ4n) is 6.07. The normalized spacial score (nSPS) is 37.8. The average molecular weight is 472 g/mol. The number of imide groups is 1. The second-order valence-corrected chi connectivity index (χ2v) is 10.9. The van der Waals surface area contributed by atoms with Gasteiger partial charge >= 0.3 is 5.97 Å². The van der Waals surface area contributed by atoms with Crippen LogP contribution in [0.15, 0.2) is 12.2 Å². The van der Waals surface area contributed by atoms with Crippen molar-refractivity contribution in [3.8, 4) is 0 Å². The van der Waals surface area contributed by atoms with Gasteiger partial charge in [-0.3, -0.25) is 14.4 Å². The number of methoxy groups -OCH3 is 2. The number of hydroxylamine groups is 2. The van der Waals surface area contributed by atoms with E-state index < -0.39 is 39.2 Å². The molecule has 1 saturated heterocycles. The summed E-state index contributed by atoms with van der Waals surface area (Å²) < 4.78 is 37.0. The van der Waals surface area contributed by atoms with Crippen LogP contribution in [0.1, 0.15) is 46.0 Å². The van der Waals surface area contributed by atoms with E-state index in [0.717, 1.165) is 25.5 Å². The van der Waals surface area contributed by atoms with Crippen molar-refractivity contribution in [3.05, 3.63) is 12.2 Å². The van der Waals surface area contributed by atoms with Crippen LogP contribution >= 0.6 is 0 Å². The van der Waals surface area contributed by atoms with E-state index in [1.54, 1.807) is 7.11 Å². The van der Waals surface area contributed by atoms with Gasteiger partial charge in [0.25, 0.3) is 21.9 Å². The van der Waals surface area contributed by atoms with Crippen LogP contribution in [0.5, 0.6) is 0 Å². The van der Waals surface area contributed by atoms with Gasteiger partial charge in [-0.05, 0) is 56.8 Å². The summed E-state index contributed by atoms with van der Waals surface area (Å²) in [4.78, 5) is 35.8. The van der Waals surface area contributed by atoms with E-state index in [1.807, 2.05) is 26.0 Å². The zero-order chi connectivity index (χ0) is 23.8. The van der Waals surface area contributed by atoms with Gasteiger partial charge in [-0.2, -0.15) is 8.42 Å². The molecule has 7 atom stereocenters. The lowest BCUT2D eigenvalue weighted by Gasteiger charge is -2.37. The maximum atomic E-state index is 12.1. The Balaban J connectivity index is 0.000000186. The minimum Gasteiger partial charge on any atom is -0.469 e. The summed E-state index contributed by atoms with van der Waals surface area (Å²) >= 11 is 0. The Morgan fingerprint density at radius 1 is 1.22 bits per heavy atom. The Morgan fingerprint density at radius 3 is 2.47 bits per heavy atom. The zero-order valence-corrected chi connectivity index (χ0v) is 20.1. The summed E-state index contributed by atoms with van der Waals surface area (Å²) in [7, 11) is -0.711. The average Bonchev–Trinajstić information content (AvgIpc) is 3.41. The minimum absolute atomic E-state index is 0.0339. The van der Waals surface area contributed by atoms with Crippen molar-refractivity contribution in [2.24, 2.45) is 35.0 Å². The number of fused-ring (bicyclic) bond motifs is 3. The molecule has 0 radical (unpaired) electrons. The van der Waals surface area contributed by atoms with Crippen LogP contribution < -0.4 is 0 Å². The molecule has 1 heterocycles. The minimum atomic E-state index is -3.88. The highest BCUT2D eigenvalue weighted by atomic mass is 32.2. The maximum absolute atomic E-state index is 12.1. The Bertz CT molecular complexity index is 900. The molecule has 2 amide bonds. The van der Waals surface area contributed by atoms with Gasteiger partial charge < -0.3 is 9.47 Å². The summed E-state index contributed by atoms with van der Waals surface area (Å²) in [5.74, 6) is -1.20. The van der Waals surface area contributed by atoms with E-state index in [-0.39, 0.29) is 18.0 Å². The molecule has 4 rings (SSSR count). The first-order valence-corrected chi connectivity index (χ1v) is 12.9.